The molecule has 2 rings (SSSR count). The van der Waals surface area contributed by atoms with Crippen LogP contribution in [0.5, 0.6) is 0 Å². The molecule has 0 amide bonds. The van der Waals surface area contributed by atoms with Crippen LogP contribution in [-0.4, -0.2) is 31.6 Å². The Bertz CT molecular complexity index is 548. The zero-order chi connectivity index (χ0) is 14.5. The van der Waals surface area contributed by atoms with E-state index in [1.807, 2.05) is 13.1 Å². The summed E-state index contributed by atoms with van der Waals surface area (Å²) in [6, 6.07) is 6.72. The van der Waals surface area contributed by atoms with Crippen molar-refractivity contribution >= 4 is 11.0 Å². The molecule has 4 heteroatoms. The minimum atomic E-state index is -0.228. The fourth-order valence-electron chi connectivity index (χ4n) is 2.49. The van der Waals surface area contributed by atoms with E-state index >= 15 is 0 Å². The maximum Gasteiger partial charge on any atom is 0.134 e. The second-order valence-corrected chi connectivity index (χ2v) is 4.99. The molecule has 20 heavy (non-hydrogen) atoms. The van der Waals surface area contributed by atoms with Crippen LogP contribution in [0.3, 0.4) is 0 Å². The molecule has 1 aromatic heterocycles. The lowest BCUT2D eigenvalue weighted by Crippen LogP contribution is -2.28. The lowest BCUT2D eigenvalue weighted by atomic mass is 10.1. The molecule has 3 nitrogen and oxygen atoms in total. The summed E-state index contributed by atoms with van der Waals surface area (Å²) in [5.41, 5.74) is 0.740. The predicted octanol–water partition coefficient (Wildman–Crippen LogP) is 3.56. The molecule has 0 bridgehead atoms. The number of hydrogen-bond acceptors (Lipinski definition) is 3. The molecule has 0 fully saturated rings. The van der Waals surface area contributed by atoms with Gasteiger partial charge in [0.05, 0.1) is 6.04 Å². The zero-order valence-electron chi connectivity index (χ0n) is 12.4. The van der Waals surface area contributed by atoms with Gasteiger partial charge in [-0.05, 0) is 50.8 Å². The highest BCUT2D eigenvalue weighted by Crippen LogP contribution is 2.26. The predicted molar refractivity (Wildman–Crippen MR) is 80.4 cm³/mol. The highest BCUT2D eigenvalue weighted by atomic mass is 19.1. The van der Waals surface area contributed by atoms with Crippen molar-refractivity contribution in [2.75, 3.05) is 26.7 Å². The van der Waals surface area contributed by atoms with E-state index in [1.54, 1.807) is 6.07 Å². The van der Waals surface area contributed by atoms with Crippen LogP contribution in [0.25, 0.3) is 11.0 Å². The van der Waals surface area contributed by atoms with E-state index in [9.17, 15) is 4.39 Å². The zero-order valence-corrected chi connectivity index (χ0v) is 12.4. The third-order valence-electron chi connectivity index (χ3n) is 3.82. The fourth-order valence-corrected chi connectivity index (χ4v) is 2.49. The molecule has 0 aliphatic heterocycles. The number of fused-ring (bicyclic) bond motifs is 1. The minimum Gasteiger partial charge on any atom is -0.459 e. The number of furan rings is 1. The van der Waals surface area contributed by atoms with Crippen LogP contribution >= 0.6 is 0 Å². The van der Waals surface area contributed by atoms with Gasteiger partial charge in [0, 0.05) is 11.9 Å². The van der Waals surface area contributed by atoms with E-state index in [0.29, 0.717) is 0 Å². The quantitative estimate of drug-likeness (QED) is 0.839. The Morgan fingerprint density at radius 3 is 2.65 bits per heavy atom. The molecule has 110 valence electrons. The van der Waals surface area contributed by atoms with Gasteiger partial charge in [0.2, 0.25) is 0 Å². The summed E-state index contributed by atoms with van der Waals surface area (Å²) in [7, 11) is 1.93. The third kappa shape index (κ3) is 3.38. The average molecular weight is 278 g/mol. The summed E-state index contributed by atoms with van der Waals surface area (Å²) in [5, 5.41) is 4.11. The number of nitrogens with zero attached hydrogens (tertiary/aromatic N) is 1. The topological polar surface area (TPSA) is 28.4 Å². The summed E-state index contributed by atoms with van der Waals surface area (Å²) in [4.78, 5) is 2.38. The van der Waals surface area contributed by atoms with E-state index in [-0.39, 0.29) is 11.9 Å². The van der Waals surface area contributed by atoms with Gasteiger partial charge >= 0.3 is 0 Å². The van der Waals surface area contributed by atoms with Gasteiger partial charge in [-0.1, -0.05) is 13.8 Å². The molecule has 1 heterocycles. The first-order valence-corrected chi connectivity index (χ1v) is 7.26. The largest absolute Gasteiger partial charge is 0.459 e. The van der Waals surface area contributed by atoms with Crippen LogP contribution in [0.15, 0.2) is 28.7 Å². The molecule has 0 aliphatic carbocycles. The van der Waals surface area contributed by atoms with Crippen molar-refractivity contribution in [2.24, 2.45) is 0 Å². The Kier molecular flexibility index (Phi) is 5.15. The van der Waals surface area contributed by atoms with Gasteiger partial charge in [-0.25, -0.2) is 4.39 Å². The molecule has 1 aromatic carbocycles. The van der Waals surface area contributed by atoms with Crippen molar-refractivity contribution in [1.82, 2.24) is 10.2 Å². The van der Waals surface area contributed by atoms with Gasteiger partial charge in [0.1, 0.15) is 17.2 Å². The van der Waals surface area contributed by atoms with Crippen LogP contribution < -0.4 is 5.32 Å². The Hall–Kier alpha value is -1.39. The molecule has 0 radical (unpaired) electrons. The monoisotopic (exact) mass is 278 g/mol. The molecule has 1 unspecified atom stereocenters. The van der Waals surface area contributed by atoms with Crippen molar-refractivity contribution in [3.05, 3.63) is 35.8 Å². The van der Waals surface area contributed by atoms with Crippen LogP contribution in [0.2, 0.25) is 0 Å². The average Bonchev–Trinajstić information content (AvgIpc) is 2.86. The van der Waals surface area contributed by atoms with Crippen LogP contribution in [0, 0.1) is 5.82 Å². The molecule has 0 saturated carbocycles. The summed E-state index contributed by atoms with van der Waals surface area (Å²) < 4.78 is 19.0. The van der Waals surface area contributed by atoms with Crippen molar-refractivity contribution in [3.63, 3.8) is 0 Å². The Morgan fingerprint density at radius 1 is 1.25 bits per heavy atom. The molecule has 0 saturated heterocycles. The number of hydrogen-bond donors (Lipinski definition) is 1. The van der Waals surface area contributed by atoms with Gasteiger partial charge in [-0.15, -0.1) is 0 Å². The summed E-state index contributed by atoms with van der Waals surface area (Å²) in [6.07, 6.45) is 0.973. The highest BCUT2D eigenvalue weighted by molar-refractivity contribution is 5.78. The molecule has 0 aliphatic rings. The normalized spacial score (nSPS) is 13.2. The Balaban J connectivity index is 2.12. The van der Waals surface area contributed by atoms with Crippen LogP contribution in [0.1, 0.15) is 32.1 Å². The lowest BCUT2D eigenvalue weighted by Gasteiger charge is -2.21. The maximum atomic E-state index is 13.2. The molecule has 1 N–H and O–H groups in total. The molecular weight excluding hydrogens is 255 g/mol. The van der Waals surface area contributed by atoms with Gasteiger partial charge < -0.3 is 14.6 Å². The van der Waals surface area contributed by atoms with Crippen molar-refractivity contribution in [1.29, 1.82) is 0 Å². The fraction of sp³-hybridized carbons (Fsp3) is 0.500. The molecular formula is C16H23FN2O. The second kappa shape index (κ2) is 6.86. The molecule has 1 atom stereocenters. The van der Waals surface area contributed by atoms with Crippen LogP contribution in [-0.2, 0) is 0 Å². The first kappa shape index (κ1) is 15.0. The Morgan fingerprint density at radius 2 is 2.00 bits per heavy atom. The first-order chi connectivity index (χ1) is 9.67. The number of rotatable bonds is 7. The van der Waals surface area contributed by atoms with E-state index in [0.717, 1.165) is 42.8 Å². The van der Waals surface area contributed by atoms with Gasteiger partial charge in [0.15, 0.2) is 0 Å². The highest BCUT2D eigenvalue weighted by Gasteiger charge is 2.15. The molecule has 0 spiro atoms. The standard InChI is InChI=1S/C16H23FN2O/c1-4-19(5-2)9-8-14(18-3)16-11-12-10-13(17)6-7-15(12)20-16/h6-7,10-11,14,18H,4-5,8-9H2,1-3H3. The first-order valence-electron chi connectivity index (χ1n) is 7.26. The molecule has 2 aromatic rings. The van der Waals surface area contributed by atoms with E-state index < -0.39 is 0 Å². The summed E-state index contributed by atoms with van der Waals surface area (Å²) in [6.45, 7) is 7.46. The number of halogens is 1. The van der Waals surface area contributed by atoms with Gasteiger partial charge in [-0.2, -0.15) is 0 Å². The van der Waals surface area contributed by atoms with E-state index in [1.165, 1.54) is 12.1 Å². The smallest absolute Gasteiger partial charge is 0.134 e. The van der Waals surface area contributed by atoms with Gasteiger partial charge in [-0.3, -0.25) is 0 Å². The third-order valence-corrected chi connectivity index (χ3v) is 3.82. The van der Waals surface area contributed by atoms with Crippen molar-refractivity contribution in [3.8, 4) is 0 Å². The van der Waals surface area contributed by atoms with E-state index in [2.05, 4.69) is 24.1 Å². The number of benzene rings is 1. The Labute approximate surface area is 119 Å². The van der Waals surface area contributed by atoms with Crippen LogP contribution in [0.4, 0.5) is 4.39 Å². The number of nitrogens with one attached hydrogen (secondary N) is 1. The van der Waals surface area contributed by atoms with Crippen molar-refractivity contribution in [2.45, 2.75) is 26.3 Å². The second-order valence-electron chi connectivity index (χ2n) is 4.99. The minimum absolute atomic E-state index is 0.158. The van der Waals surface area contributed by atoms with Gasteiger partial charge in [0.25, 0.3) is 0 Å². The lowest BCUT2D eigenvalue weighted by molar-refractivity contribution is 0.277. The van der Waals surface area contributed by atoms with E-state index in [4.69, 9.17) is 4.42 Å². The van der Waals surface area contributed by atoms with Crippen molar-refractivity contribution < 1.29 is 8.81 Å². The SMILES string of the molecule is CCN(CC)CCC(NC)c1cc2cc(F)ccc2o1. The summed E-state index contributed by atoms with van der Waals surface area (Å²) in [5.74, 6) is 0.647. The maximum absolute atomic E-state index is 13.2. The summed E-state index contributed by atoms with van der Waals surface area (Å²) >= 11 is 0.